The number of aryl methyl sites for hydroxylation is 1. The third kappa shape index (κ3) is 4.99. The van der Waals surface area contributed by atoms with Gasteiger partial charge in [0, 0.05) is 25.3 Å². The van der Waals surface area contributed by atoms with Gasteiger partial charge in [-0.1, -0.05) is 20.8 Å². The molecule has 2 rings (SSSR count). The maximum absolute atomic E-state index is 4.87. The summed E-state index contributed by atoms with van der Waals surface area (Å²) in [6.07, 6.45) is 6.14. The first-order valence-corrected chi connectivity index (χ1v) is 8.68. The first-order chi connectivity index (χ1) is 10.2. The Morgan fingerprint density at radius 3 is 2.86 bits per heavy atom. The molecule has 3 heteroatoms. The van der Waals surface area contributed by atoms with Crippen LogP contribution in [0.4, 0.5) is 5.82 Å². The highest BCUT2D eigenvalue weighted by Gasteiger charge is 2.16. The fraction of sp³-hybridized carbons (Fsp3) is 0.722. The van der Waals surface area contributed by atoms with Gasteiger partial charge in [-0.15, -0.1) is 0 Å². The minimum atomic E-state index is 0.857. The molecule has 3 nitrogen and oxygen atoms in total. The van der Waals surface area contributed by atoms with Crippen LogP contribution < -0.4 is 10.2 Å². The molecule has 0 bridgehead atoms. The first-order valence-electron chi connectivity index (χ1n) is 8.68. The summed E-state index contributed by atoms with van der Waals surface area (Å²) in [6.45, 7) is 11.1. The summed E-state index contributed by atoms with van der Waals surface area (Å²) in [5.74, 6) is 2.05. The highest BCUT2D eigenvalue weighted by atomic mass is 15.2. The van der Waals surface area contributed by atoms with Gasteiger partial charge in [0.2, 0.25) is 0 Å². The van der Waals surface area contributed by atoms with Crippen molar-refractivity contribution in [2.24, 2.45) is 5.92 Å². The van der Waals surface area contributed by atoms with E-state index in [4.69, 9.17) is 4.98 Å². The van der Waals surface area contributed by atoms with E-state index in [1.165, 1.54) is 42.8 Å². The SMILES string of the molecule is CCCNCc1cc(CC)nc(N2CCCC(C)CC2)c1. The molecule has 0 aromatic carbocycles. The second-order valence-electron chi connectivity index (χ2n) is 6.38. The Labute approximate surface area is 130 Å². The lowest BCUT2D eigenvalue weighted by Crippen LogP contribution is -2.26. The molecule has 1 aromatic heterocycles. The third-order valence-corrected chi connectivity index (χ3v) is 4.38. The number of hydrogen-bond acceptors (Lipinski definition) is 3. The van der Waals surface area contributed by atoms with Gasteiger partial charge < -0.3 is 10.2 Å². The standard InChI is InChI=1S/C18H31N3/c1-4-9-19-14-16-12-17(5-2)20-18(13-16)21-10-6-7-15(3)8-11-21/h12-13,15,19H,4-11,14H2,1-3H3. The average molecular weight is 289 g/mol. The van der Waals surface area contributed by atoms with Crippen LogP contribution in [0, 0.1) is 5.92 Å². The van der Waals surface area contributed by atoms with E-state index in [9.17, 15) is 0 Å². The van der Waals surface area contributed by atoms with Gasteiger partial charge in [0.1, 0.15) is 5.82 Å². The maximum atomic E-state index is 4.87. The van der Waals surface area contributed by atoms with Crippen LogP contribution in [0.1, 0.15) is 57.7 Å². The van der Waals surface area contributed by atoms with Crippen molar-refractivity contribution in [2.45, 2.75) is 59.4 Å². The monoisotopic (exact) mass is 289 g/mol. The number of aromatic nitrogens is 1. The molecule has 0 amide bonds. The van der Waals surface area contributed by atoms with Crippen LogP contribution in [0.5, 0.6) is 0 Å². The van der Waals surface area contributed by atoms with Crippen molar-refractivity contribution < 1.29 is 0 Å². The lowest BCUT2D eigenvalue weighted by Gasteiger charge is -2.23. The predicted octanol–water partition coefficient (Wildman–Crippen LogP) is 3.77. The van der Waals surface area contributed by atoms with Crippen LogP contribution >= 0.6 is 0 Å². The van der Waals surface area contributed by atoms with Crippen molar-refractivity contribution in [3.63, 3.8) is 0 Å². The molecule has 0 radical (unpaired) electrons. The van der Waals surface area contributed by atoms with Crippen LogP contribution in [0.3, 0.4) is 0 Å². The molecule has 1 aliphatic rings. The normalized spacial score (nSPS) is 19.6. The van der Waals surface area contributed by atoms with Gasteiger partial charge in [-0.25, -0.2) is 4.98 Å². The van der Waals surface area contributed by atoms with Gasteiger partial charge in [0.15, 0.2) is 0 Å². The molecular weight excluding hydrogens is 258 g/mol. The molecule has 1 aromatic rings. The molecule has 21 heavy (non-hydrogen) atoms. The van der Waals surface area contributed by atoms with E-state index in [0.29, 0.717) is 0 Å². The number of rotatable bonds is 6. The van der Waals surface area contributed by atoms with Gasteiger partial charge in [0.25, 0.3) is 0 Å². The van der Waals surface area contributed by atoms with E-state index in [-0.39, 0.29) is 0 Å². The molecule has 1 saturated heterocycles. The number of nitrogens with zero attached hydrogens (tertiary/aromatic N) is 2. The van der Waals surface area contributed by atoms with Gasteiger partial charge >= 0.3 is 0 Å². The van der Waals surface area contributed by atoms with Crippen LogP contribution in [-0.4, -0.2) is 24.6 Å². The van der Waals surface area contributed by atoms with Crippen molar-refractivity contribution in [3.05, 3.63) is 23.4 Å². The van der Waals surface area contributed by atoms with Gasteiger partial charge in [0.05, 0.1) is 0 Å². The molecular formula is C18H31N3. The number of nitrogens with one attached hydrogen (secondary N) is 1. The smallest absolute Gasteiger partial charge is 0.129 e. The quantitative estimate of drug-likeness (QED) is 0.808. The van der Waals surface area contributed by atoms with E-state index >= 15 is 0 Å². The zero-order valence-corrected chi connectivity index (χ0v) is 14.0. The number of anilines is 1. The molecule has 1 N–H and O–H groups in total. The lowest BCUT2D eigenvalue weighted by molar-refractivity contribution is 0.521. The molecule has 1 aliphatic heterocycles. The Kier molecular flexibility index (Phi) is 6.50. The second kappa shape index (κ2) is 8.38. The summed E-state index contributed by atoms with van der Waals surface area (Å²) in [4.78, 5) is 7.36. The van der Waals surface area contributed by atoms with Gasteiger partial charge in [-0.05, 0) is 62.3 Å². The summed E-state index contributed by atoms with van der Waals surface area (Å²) >= 11 is 0. The summed E-state index contributed by atoms with van der Waals surface area (Å²) in [5, 5.41) is 3.51. The van der Waals surface area contributed by atoms with E-state index in [1.807, 2.05) is 0 Å². The predicted molar refractivity (Wildman–Crippen MR) is 90.8 cm³/mol. The molecule has 1 unspecified atom stereocenters. The number of pyridine rings is 1. The molecule has 1 fully saturated rings. The van der Waals surface area contributed by atoms with Gasteiger partial charge in [-0.3, -0.25) is 0 Å². The Morgan fingerprint density at radius 2 is 2.10 bits per heavy atom. The van der Waals surface area contributed by atoms with Crippen molar-refractivity contribution in [1.29, 1.82) is 0 Å². The van der Waals surface area contributed by atoms with E-state index in [1.54, 1.807) is 0 Å². The number of hydrogen-bond donors (Lipinski definition) is 1. The van der Waals surface area contributed by atoms with Gasteiger partial charge in [-0.2, -0.15) is 0 Å². The molecule has 1 atom stereocenters. The highest BCUT2D eigenvalue weighted by molar-refractivity contribution is 5.43. The van der Waals surface area contributed by atoms with Crippen LogP contribution in [0.25, 0.3) is 0 Å². The minimum absolute atomic E-state index is 0.857. The van der Waals surface area contributed by atoms with Crippen molar-refractivity contribution in [2.75, 3.05) is 24.5 Å². The van der Waals surface area contributed by atoms with Crippen LogP contribution in [0.2, 0.25) is 0 Å². The molecule has 118 valence electrons. The lowest BCUT2D eigenvalue weighted by atomic mass is 10.0. The second-order valence-corrected chi connectivity index (χ2v) is 6.38. The van der Waals surface area contributed by atoms with Crippen molar-refractivity contribution >= 4 is 5.82 Å². The first kappa shape index (κ1) is 16.3. The van der Waals surface area contributed by atoms with E-state index in [0.717, 1.165) is 38.5 Å². The zero-order chi connectivity index (χ0) is 15.1. The maximum Gasteiger partial charge on any atom is 0.129 e. The molecule has 0 saturated carbocycles. The van der Waals surface area contributed by atoms with Crippen LogP contribution in [-0.2, 0) is 13.0 Å². The topological polar surface area (TPSA) is 28.2 Å². The summed E-state index contributed by atoms with van der Waals surface area (Å²) in [5.41, 5.74) is 2.60. The zero-order valence-electron chi connectivity index (χ0n) is 14.0. The average Bonchev–Trinajstić information content (AvgIpc) is 2.72. The minimum Gasteiger partial charge on any atom is -0.357 e. The fourth-order valence-electron chi connectivity index (χ4n) is 2.98. The Balaban J connectivity index is 2.11. The van der Waals surface area contributed by atoms with Crippen LogP contribution in [0.15, 0.2) is 12.1 Å². The summed E-state index contributed by atoms with van der Waals surface area (Å²) in [6, 6.07) is 4.55. The highest BCUT2D eigenvalue weighted by Crippen LogP contribution is 2.22. The van der Waals surface area contributed by atoms with Crippen molar-refractivity contribution in [3.8, 4) is 0 Å². The summed E-state index contributed by atoms with van der Waals surface area (Å²) < 4.78 is 0. The molecule has 0 spiro atoms. The third-order valence-electron chi connectivity index (χ3n) is 4.38. The molecule has 0 aliphatic carbocycles. The fourth-order valence-corrected chi connectivity index (χ4v) is 2.98. The Hall–Kier alpha value is -1.09. The Bertz CT molecular complexity index is 430. The van der Waals surface area contributed by atoms with E-state index < -0.39 is 0 Å². The summed E-state index contributed by atoms with van der Waals surface area (Å²) in [7, 11) is 0. The largest absolute Gasteiger partial charge is 0.357 e. The Morgan fingerprint density at radius 1 is 1.24 bits per heavy atom. The van der Waals surface area contributed by atoms with Crippen molar-refractivity contribution in [1.82, 2.24) is 10.3 Å². The van der Waals surface area contributed by atoms with E-state index in [2.05, 4.69) is 43.1 Å². The molecule has 2 heterocycles.